The first-order valence-corrected chi connectivity index (χ1v) is 16.0. The molecule has 1 amide bonds. The zero-order valence-corrected chi connectivity index (χ0v) is 26.2. The highest BCUT2D eigenvalue weighted by atomic mass is 32.2. The van der Waals surface area contributed by atoms with Crippen LogP contribution in [0.1, 0.15) is 63.5 Å². The van der Waals surface area contributed by atoms with Crippen molar-refractivity contribution in [3.8, 4) is 0 Å². The maximum Gasteiger partial charge on any atom is 0.314 e. The molecule has 2 aromatic rings. The Morgan fingerprint density at radius 1 is 1.11 bits per heavy atom. The summed E-state index contributed by atoms with van der Waals surface area (Å²) in [5, 5.41) is 11.5. The van der Waals surface area contributed by atoms with Crippen molar-refractivity contribution in [3.05, 3.63) is 75.8 Å². The molecule has 14 heteroatoms. The van der Waals surface area contributed by atoms with Crippen molar-refractivity contribution in [2.24, 2.45) is 22.4 Å². The molecule has 1 fully saturated rings. The molecule has 0 saturated carbocycles. The van der Waals surface area contributed by atoms with Gasteiger partial charge in [-0.3, -0.25) is 14.6 Å². The fourth-order valence-electron chi connectivity index (χ4n) is 5.44. The van der Waals surface area contributed by atoms with Gasteiger partial charge in [0.15, 0.2) is 17.0 Å². The van der Waals surface area contributed by atoms with Crippen LogP contribution in [-0.4, -0.2) is 73.4 Å². The molecule has 1 heterocycles. The third-order valence-electron chi connectivity index (χ3n) is 8.15. The monoisotopic (exact) mass is 630 g/mol. The maximum absolute atomic E-state index is 14.0. The van der Waals surface area contributed by atoms with E-state index in [-0.39, 0.29) is 66.1 Å². The Hall–Kier alpha value is -4.20. The van der Waals surface area contributed by atoms with Gasteiger partial charge >= 0.3 is 16.0 Å². The van der Waals surface area contributed by atoms with E-state index in [1.807, 2.05) is 44.2 Å². The summed E-state index contributed by atoms with van der Waals surface area (Å²) in [4.78, 5) is 42.9. The number of hydrogen-bond donors (Lipinski definition) is 2. The zero-order valence-electron chi connectivity index (χ0n) is 25.4. The summed E-state index contributed by atoms with van der Waals surface area (Å²) in [5.74, 6) is -0.988. The summed E-state index contributed by atoms with van der Waals surface area (Å²) in [5.41, 5.74) is 11.8. The lowest BCUT2D eigenvalue weighted by Gasteiger charge is -2.35. The minimum atomic E-state index is -4.78. The first kappa shape index (κ1) is 34.3. The smallest absolute Gasteiger partial charge is 0.314 e. The quantitative estimate of drug-likeness (QED) is 0.0789. The SMILES string of the molecule is COC(=O)CCC1CCN(C(=O)[C@H](CCCN=C(N)N)N([N+](=O)[O-])S(=O)(=O)c2cccc(C(C)(C)c3ccccc3)c2)CC1. The van der Waals surface area contributed by atoms with E-state index in [0.29, 0.717) is 24.8 Å². The Morgan fingerprint density at radius 3 is 2.34 bits per heavy atom. The van der Waals surface area contributed by atoms with Crippen LogP contribution in [0.2, 0.25) is 0 Å². The highest BCUT2D eigenvalue weighted by Crippen LogP contribution is 2.34. The predicted octanol–water partition coefficient (Wildman–Crippen LogP) is 2.81. The number of nitro groups is 1. The van der Waals surface area contributed by atoms with Crippen LogP contribution in [-0.2, 0) is 29.8 Å². The number of likely N-dealkylation sites (tertiary alicyclic amines) is 1. The number of rotatable bonds is 14. The normalized spacial score (nSPS) is 14.8. The van der Waals surface area contributed by atoms with Gasteiger partial charge in [0, 0.05) is 35.9 Å². The van der Waals surface area contributed by atoms with Crippen LogP contribution in [0.4, 0.5) is 0 Å². The molecule has 0 radical (unpaired) electrons. The first-order valence-electron chi connectivity index (χ1n) is 14.5. The second kappa shape index (κ2) is 15.0. The Kier molecular flexibility index (Phi) is 11.7. The van der Waals surface area contributed by atoms with Gasteiger partial charge in [-0.25, -0.2) is 10.1 Å². The number of nitrogens with zero attached hydrogens (tertiary/aromatic N) is 4. The van der Waals surface area contributed by atoms with Gasteiger partial charge in [-0.15, -0.1) is 0 Å². The van der Waals surface area contributed by atoms with E-state index in [1.165, 1.54) is 24.1 Å². The number of nitrogens with two attached hydrogens (primary N) is 2. The molecule has 0 bridgehead atoms. The number of hydrogen-bond acceptors (Lipinski definition) is 8. The van der Waals surface area contributed by atoms with E-state index in [4.69, 9.17) is 16.2 Å². The first-order chi connectivity index (χ1) is 20.8. The summed E-state index contributed by atoms with van der Waals surface area (Å²) >= 11 is 0. The molecule has 3 rings (SSSR count). The number of piperidine rings is 1. The van der Waals surface area contributed by atoms with Crippen LogP contribution in [0.3, 0.4) is 0 Å². The molecule has 1 saturated heterocycles. The van der Waals surface area contributed by atoms with Gasteiger partial charge in [0.1, 0.15) is 0 Å². The predicted molar refractivity (Wildman–Crippen MR) is 165 cm³/mol. The van der Waals surface area contributed by atoms with Gasteiger partial charge in [-0.2, -0.15) is 8.42 Å². The van der Waals surface area contributed by atoms with E-state index in [1.54, 1.807) is 12.1 Å². The number of methoxy groups -OCH3 is 1. The Morgan fingerprint density at radius 2 is 1.75 bits per heavy atom. The minimum Gasteiger partial charge on any atom is -0.469 e. The Balaban J connectivity index is 1.92. The number of guanidine groups is 1. The van der Waals surface area contributed by atoms with E-state index in [9.17, 15) is 28.1 Å². The lowest BCUT2D eigenvalue weighted by molar-refractivity contribution is -0.625. The Bertz CT molecular complexity index is 1440. The summed E-state index contributed by atoms with van der Waals surface area (Å²) in [6.07, 6.45) is 1.96. The molecule has 13 nitrogen and oxygen atoms in total. The molecule has 0 aliphatic carbocycles. The number of sulfonamides is 1. The molecule has 0 spiro atoms. The van der Waals surface area contributed by atoms with Crippen molar-refractivity contribution in [1.82, 2.24) is 9.31 Å². The number of amides is 1. The van der Waals surface area contributed by atoms with Gasteiger partial charge in [0.25, 0.3) is 5.91 Å². The molecule has 2 aromatic carbocycles. The molecule has 1 atom stereocenters. The number of ether oxygens (including phenoxy) is 1. The number of esters is 1. The molecule has 44 heavy (non-hydrogen) atoms. The fraction of sp³-hybridized carbons (Fsp3) is 0.500. The average Bonchev–Trinajstić information content (AvgIpc) is 3.01. The largest absolute Gasteiger partial charge is 0.469 e. The second-order valence-electron chi connectivity index (χ2n) is 11.4. The second-order valence-corrected chi connectivity index (χ2v) is 13.2. The van der Waals surface area contributed by atoms with Crippen LogP contribution in [0.5, 0.6) is 0 Å². The van der Waals surface area contributed by atoms with Crippen LogP contribution < -0.4 is 11.5 Å². The van der Waals surface area contributed by atoms with Crippen molar-refractivity contribution in [2.75, 3.05) is 26.7 Å². The number of carbonyl (C=O) groups is 2. The van der Waals surface area contributed by atoms with Gasteiger partial charge in [0.2, 0.25) is 0 Å². The summed E-state index contributed by atoms with van der Waals surface area (Å²) in [6, 6.07) is 13.9. The number of benzene rings is 2. The van der Waals surface area contributed by atoms with E-state index >= 15 is 0 Å². The number of carbonyl (C=O) groups excluding carboxylic acids is 2. The Labute approximate surface area is 258 Å². The average molecular weight is 631 g/mol. The van der Waals surface area contributed by atoms with Crippen molar-refractivity contribution in [2.45, 2.75) is 68.7 Å². The van der Waals surface area contributed by atoms with Crippen LogP contribution in [0.15, 0.2) is 64.5 Å². The van der Waals surface area contributed by atoms with Crippen LogP contribution in [0, 0.1) is 16.0 Å². The van der Waals surface area contributed by atoms with Gasteiger partial charge in [-0.05, 0) is 61.3 Å². The topological polar surface area (TPSA) is 192 Å². The standard InChI is InChI=1S/C30H42N6O7S/c1-30(2,23-9-5-4-6-10-23)24-11-7-12-25(21-24)44(41,42)35(36(39)40)26(13-8-18-33-29(31)32)28(38)34-19-16-22(17-20-34)14-15-27(37)43-3/h4-7,9-12,21-22,26H,8,13-20H2,1-3H3,(H4,31,32,33)/t26-/m0/s1. The number of hydrazine groups is 1. The highest BCUT2D eigenvalue weighted by molar-refractivity contribution is 7.89. The summed E-state index contributed by atoms with van der Waals surface area (Å²) < 4.78 is 32.8. The summed E-state index contributed by atoms with van der Waals surface area (Å²) in [7, 11) is -3.46. The molecule has 0 unspecified atom stereocenters. The van der Waals surface area contributed by atoms with Crippen molar-refractivity contribution in [3.63, 3.8) is 0 Å². The van der Waals surface area contributed by atoms with Crippen molar-refractivity contribution < 1.29 is 27.8 Å². The fourth-order valence-corrected chi connectivity index (χ4v) is 6.89. The maximum atomic E-state index is 14.0. The molecular formula is C30H42N6O7S. The summed E-state index contributed by atoms with van der Waals surface area (Å²) in [6.45, 7) is 4.49. The third kappa shape index (κ3) is 8.46. The lowest BCUT2D eigenvalue weighted by Crippen LogP contribution is -2.54. The molecule has 240 valence electrons. The van der Waals surface area contributed by atoms with Crippen molar-refractivity contribution >= 4 is 27.9 Å². The zero-order chi connectivity index (χ0) is 32.5. The molecule has 1 aliphatic heterocycles. The molecule has 4 N–H and O–H groups in total. The van der Waals surface area contributed by atoms with Crippen LogP contribution in [0.25, 0.3) is 0 Å². The molecular weight excluding hydrogens is 588 g/mol. The van der Waals surface area contributed by atoms with E-state index in [2.05, 4.69) is 4.99 Å². The molecule has 1 aliphatic rings. The van der Waals surface area contributed by atoms with Gasteiger partial charge in [0.05, 0.1) is 12.0 Å². The van der Waals surface area contributed by atoms with E-state index < -0.39 is 32.4 Å². The number of aliphatic imine (C=N–C) groups is 1. The highest BCUT2D eigenvalue weighted by Gasteiger charge is 2.46. The minimum absolute atomic E-state index is 0.0636. The van der Waals surface area contributed by atoms with Crippen molar-refractivity contribution in [1.29, 1.82) is 0 Å². The van der Waals surface area contributed by atoms with Crippen LogP contribution >= 0.6 is 0 Å². The lowest BCUT2D eigenvalue weighted by atomic mass is 9.78. The van der Waals surface area contributed by atoms with Gasteiger partial charge in [-0.1, -0.05) is 56.3 Å². The third-order valence-corrected chi connectivity index (χ3v) is 9.88. The van der Waals surface area contributed by atoms with E-state index in [0.717, 1.165) is 5.56 Å². The van der Waals surface area contributed by atoms with Gasteiger partial charge < -0.3 is 21.1 Å². The molecule has 0 aromatic heterocycles.